The van der Waals surface area contributed by atoms with Gasteiger partial charge >= 0.3 is 0 Å². The fraction of sp³-hybridized carbons (Fsp3) is 1.00. The molecular formula is C13H26N2O. The summed E-state index contributed by atoms with van der Waals surface area (Å²) in [4.78, 5) is 2.56. The first-order chi connectivity index (χ1) is 7.57. The maximum Gasteiger partial charge on any atom is 0.0753 e. The molecule has 2 fully saturated rings. The van der Waals surface area contributed by atoms with E-state index in [1.807, 2.05) is 0 Å². The molecule has 94 valence electrons. The SMILES string of the molecule is CC1CCCNC1CN1CCOC(C)(C)C1. The molecule has 16 heavy (non-hydrogen) atoms. The zero-order valence-electron chi connectivity index (χ0n) is 11.0. The van der Waals surface area contributed by atoms with Crippen molar-refractivity contribution < 1.29 is 4.74 Å². The highest BCUT2D eigenvalue weighted by atomic mass is 16.5. The summed E-state index contributed by atoms with van der Waals surface area (Å²) in [6.45, 7) is 12.2. The van der Waals surface area contributed by atoms with Crippen molar-refractivity contribution in [1.29, 1.82) is 0 Å². The predicted octanol–water partition coefficient (Wildman–Crippen LogP) is 1.49. The van der Waals surface area contributed by atoms with Crippen LogP contribution in [0.25, 0.3) is 0 Å². The Hall–Kier alpha value is -0.120. The van der Waals surface area contributed by atoms with Crippen LogP contribution in [-0.4, -0.2) is 49.3 Å². The third kappa shape index (κ3) is 3.19. The van der Waals surface area contributed by atoms with Crippen molar-refractivity contribution in [2.24, 2.45) is 5.92 Å². The summed E-state index contributed by atoms with van der Waals surface area (Å²) in [6, 6.07) is 0.683. The number of hydrogen-bond donors (Lipinski definition) is 1. The van der Waals surface area contributed by atoms with Gasteiger partial charge in [-0.05, 0) is 39.2 Å². The zero-order valence-corrected chi connectivity index (χ0v) is 11.0. The van der Waals surface area contributed by atoms with Crippen LogP contribution in [0.4, 0.5) is 0 Å². The quantitative estimate of drug-likeness (QED) is 0.772. The largest absolute Gasteiger partial charge is 0.373 e. The van der Waals surface area contributed by atoms with Gasteiger partial charge in [0, 0.05) is 25.7 Å². The van der Waals surface area contributed by atoms with E-state index in [1.165, 1.54) is 25.9 Å². The first kappa shape index (κ1) is 12.3. The maximum absolute atomic E-state index is 5.75. The van der Waals surface area contributed by atoms with Crippen molar-refractivity contribution in [1.82, 2.24) is 10.2 Å². The van der Waals surface area contributed by atoms with Crippen molar-refractivity contribution in [3.8, 4) is 0 Å². The Balaban J connectivity index is 1.84. The van der Waals surface area contributed by atoms with Crippen LogP contribution >= 0.6 is 0 Å². The van der Waals surface area contributed by atoms with E-state index in [0.29, 0.717) is 6.04 Å². The maximum atomic E-state index is 5.75. The molecule has 0 spiro atoms. The van der Waals surface area contributed by atoms with Crippen molar-refractivity contribution in [2.75, 3.05) is 32.8 Å². The summed E-state index contributed by atoms with van der Waals surface area (Å²) in [5.74, 6) is 0.819. The van der Waals surface area contributed by atoms with Gasteiger partial charge in [-0.15, -0.1) is 0 Å². The fourth-order valence-corrected chi connectivity index (χ4v) is 2.91. The highest BCUT2D eigenvalue weighted by Gasteiger charge is 2.30. The van der Waals surface area contributed by atoms with Crippen molar-refractivity contribution >= 4 is 0 Å². The third-order valence-electron chi connectivity index (χ3n) is 3.89. The van der Waals surface area contributed by atoms with Crippen LogP contribution in [0.1, 0.15) is 33.6 Å². The minimum atomic E-state index is 0.0379. The van der Waals surface area contributed by atoms with E-state index in [4.69, 9.17) is 4.74 Å². The lowest BCUT2D eigenvalue weighted by Crippen LogP contribution is -2.54. The summed E-state index contributed by atoms with van der Waals surface area (Å²) >= 11 is 0. The smallest absolute Gasteiger partial charge is 0.0753 e. The number of morpholine rings is 1. The molecule has 0 saturated carbocycles. The Morgan fingerprint density at radius 3 is 2.94 bits per heavy atom. The molecule has 0 bridgehead atoms. The second kappa shape index (κ2) is 5.03. The average Bonchev–Trinajstić information content (AvgIpc) is 2.20. The Morgan fingerprint density at radius 2 is 2.25 bits per heavy atom. The number of rotatable bonds is 2. The Kier molecular flexibility index (Phi) is 3.88. The zero-order chi connectivity index (χ0) is 11.6. The van der Waals surface area contributed by atoms with Gasteiger partial charge in [0.25, 0.3) is 0 Å². The van der Waals surface area contributed by atoms with Crippen LogP contribution in [-0.2, 0) is 4.74 Å². The molecular weight excluding hydrogens is 200 g/mol. The first-order valence-corrected chi connectivity index (χ1v) is 6.66. The van der Waals surface area contributed by atoms with Crippen molar-refractivity contribution in [3.05, 3.63) is 0 Å². The Bertz CT molecular complexity index is 230. The van der Waals surface area contributed by atoms with Crippen LogP contribution in [0.5, 0.6) is 0 Å². The Morgan fingerprint density at radius 1 is 1.44 bits per heavy atom. The molecule has 0 radical (unpaired) electrons. The lowest BCUT2D eigenvalue weighted by Gasteiger charge is -2.41. The lowest BCUT2D eigenvalue weighted by molar-refractivity contribution is -0.0890. The van der Waals surface area contributed by atoms with Gasteiger partial charge in [0.15, 0.2) is 0 Å². The van der Waals surface area contributed by atoms with Gasteiger partial charge in [0.2, 0.25) is 0 Å². The number of nitrogens with one attached hydrogen (secondary N) is 1. The van der Waals surface area contributed by atoms with Crippen LogP contribution in [0.3, 0.4) is 0 Å². The van der Waals surface area contributed by atoms with E-state index < -0.39 is 0 Å². The Labute approximate surface area is 99.5 Å². The molecule has 2 aliphatic heterocycles. The summed E-state index contributed by atoms with van der Waals surface area (Å²) in [6.07, 6.45) is 2.72. The monoisotopic (exact) mass is 226 g/mol. The third-order valence-corrected chi connectivity index (χ3v) is 3.89. The van der Waals surface area contributed by atoms with Gasteiger partial charge in [-0.25, -0.2) is 0 Å². The van der Waals surface area contributed by atoms with E-state index >= 15 is 0 Å². The standard InChI is InChI=1S/C13H26N2O/c1-11-5-4-6-14-12(11)9-15-7-8-16-13(2,3)10-15/h11-12,14H,4-10H2,1-3H3. The molecule has 2 rings (SSSR count). The lowest BCUT2D eigenvalue weighted by atomic mass is 9.92. The van der Waals surface area contributed by atoms with E-state index in [9.17, 15) is 0 Å². The molecule has 2 aliphatic rings. The van der Waals surface area contributed by atoms with Gasteiger partial charge in [-0.3, -0.25) is 4.90 Å². The molecule has 0 aliphatic carbocycles. The molecule has 0 aromatic heterocycles. The first-order valence-electron chi connectivity index (χ1n) is 6.66. The van der Waals surface area contributed by atoms with Gasteiger partial charge in [-0.1, -0.05) is 6.92 Å². The van der Waals surface area contributed by atoms with Crippen LogP contribution in [0.15, 0.2) is 0 Å². The average molecular weight is 226 g/mol. The summed E-state index contributed by atoms with van der Waals surface area (Å²) in [5.41, 5.74) is 0.0379. The van der Waals surface area contributed by atoms with E-state index in [1.54, 1.807) is 0 Å². The van der Waals surface area contributed by atoms with Crippen LogP contribution in [0.2, 0.25) is 0 Å². The molecule has 1 N–H and O–H groups in total. The highest BCUT2D eigenvalue weighted by molar-refractivity contribution is 4.85. The van der Waals surface area contributed by atoms with Crippen molar-refractivity contribution in [2.45, 2.75) is 45.3 Å². The predicted molar refractivity (Wildman–Crippen MR) is 66.7 cm³/mol. The molecule has 2 saturated heterocycles. The molecule has 2 unspecified atom stereocenters. The molecule has 0 amide bonds. The molecule has 2 atom stereocenters. The molecule has 0 aromatic rings. The number of ether oxygens (including phenoxy) is 1. The summed E-state index contributed by atoms with van der Waals surface area (Å²) < 4.78 is 5.75. The highest BCUT2D eigenvalue weighted by Crippen LogP contribution is 2.20. The molecule has 0 aromatic carbocycles. The van der Waals surface area contributed by atoms with E-state index in [2.05, 4.69) is 31.0 Å². The number of hydrogen-bond acceptors (Lipinski definition) is 3. The topological polar surface area (TPSA) is 24.5 Å². The second-order valence-corrected chi connectivity index (χ2v) is 6.02. The number of piperidine rings is 1. The van der Waals surface area contributed by atoms with Crippen molar-refractivity contribution in [3.63, 3.8) is 0 Å². The normalized spacial score (nSPS) is 36.2. The van der Waals surface area contributed by atoms with Gasteiger partial charge in [0.1, 0.15) is 0 Å². The fourth-order valence-electron chi connectivity index (χ4n) is 2.91. The molecule has 3 heteroatoms. The summed E-state index contributed by atoms with van der Waals surface area (Å²) in [7, 11) is 0. The minimum absolute atomic E-state index is 0.0379. The van der Waals surface area contributed by atoms with Gasteiger partial charge in [0.05, 0.1) is 12.2 Å². The van der Waals surface area contributed by atoms with Gasteiger partial charge < -0.3 is 10.1 Å². The molecule has 2 heterocycles. The van der Waals surface area contributed by atoms with Crippen LogP contribution < -0.4 is 5.32 Å². The molecule has 3 nitrogen and oxygen atoms in total. The van der Waals surface area contributed by atoms with E-state index in [0.717, 1.165) is 25.6 Å². The van der Waals surface area contributed by atoms with Gasteiger partial charge in [-0.2, -0.15) is 0 Å². The minimum Gasteiger partial charge on any atom is -0.373 e. The van der Waals surface area contributed by atoms with E-state index in [-0.39, 0.29) is 5.60 Å². The summed E-state index contributed by atoms with van der Waals surface area (Å²) in [5, 5.41) is 3.66. The van der Waals surface area contributed by atoms with Crippen LogP contribution in [0, 0.1) is 5.92 Å². The second-order valence-electron chi connectivity index (χ2n) is 6.02. The number of nitrogens with zero attached hydrogens (tertiary/aromatic N) is 1.